The molecular formula is C10H7N3O5S. The van der Waals surface area contributed by atoms with Crippen molar-refractivity contribution in [2.45, 2.75) is 0 Å². The van der Waals surface area contributed by atoms with Gasteiger partial charge in [-0.2, -0.15) is 13.6 Å². The quantitative estimate of drug-likeness (QED) is 0.676. The Morgan fingerprint density at radius 1 is 1.32 bits per heavy atom. The number of nitrogens with one attached hydrogen (secondary N) is 1. The van der Waals surface area contributed by atoms with Crippen LogP contribution < -0.4 is 9.61 Å². The third kappa shape index (κ3) is 2.03. The van der Waals surface area contributed by atoms with E-state index in [2.05, 4.69) is 15.4 Å². The standard InChI is InChI=1S/C10H7N3O5S/c1-19(15,16)18-5-2-3-6-7(4-5)17-10-8(9(6)14)11-13-12-10/h2-4H,1H3,(H,11,12,13). The first-order valence-electron chi connectivity index (χ1n) is 5.11. The molecule has 98 valence electrons. The van der Waals surface area contributed by atoms with Gasteiger partial charge in [0, 0.05) is 6.07 Å². The maximum Gasteiger partial charge on any atom is 0.306 e. The monoisotopic (exact) mass is 281 g/mol. The first-order chi connectivity index (χ1) is 8.94. The van der Waals surface area contributed by atoms with Crippen molar-refractivity contribution in [2.75, 3.05) is 6.26 Å². The second kappa shape index (κ2) is 3.79. The molecule has 19 heavy (non-hydrogen) atoms. The van der Waals surface area contributed by atoms with Crippen molar-refractivity contribution >= 4 is 32.3 Å². The second-order valence-electron chi connectivity index (χ2n) is 3.85. The van der Waals surface area contributed by atoms with Crippen molar-refractivity contribution in [3.63, 3.8) is 0 Å². The summed E-state index contributed by atoms with van der Waals surface area (Å²) in [5, 5.41) is 9.90. The van der Waals surface area contributed by atoms with Crippen LogP contribution in [0.4, 0.5) is 0 Å². The molecule has 0 aliphatic heterocycles. The number of aromatic nitrogens is 3. The van der Waals surface area contributed by atoms with Gasteiger partial charge in [-0.15, -0.1) is 10.2 Å². The van der Waals surface area contributed by atoms with Crippen LogP contribution in [0.15, 0.2) is 27.4 Å². The molecule has 0 amide bonds. The Kier molecular flexibility index (Phi) is 2.32. The van der Waals surface area contributed by atoms with E-state index in [-0.39, 0.29) is 33.4 Å². The number of aromatic amines is 1. The predicted molar refractivity (Wildman–Crippen MR) is 65.4 cm³/mol. The molecule has 0 fully saturated rings. The summed E-state index contributed by atoms with van der Waals surface area (Å²) in [5.74, 6) is 0.0565. The van der Waals surface area contributed by atoms with Gasteiger partial charge >= 0.3 is 10.1 Å². The van der Waals surface area contributed by atoms with Gasteiger partial charge in [-0.05, 0) is 12.1 Å². The summed E-state index contributed by atoms with van der Waals surface area (Å²) >= 11 is 0. The molecule has 1 aromatic carbocycles. The molecule has 8 nitrogen and oxygen atoms in total. The van der Waals surface area contributed by atoms with Crippen LogP contribution in [0.2, 0.25) is 0 Å². The van der Waals surface area contributed by atoms with Crippen LogP contribution in [0.3, 0.4) is 0 Å². The summed E-state index contributed by atoms with van der Waals surface area (Å²) < 4.78 is 32.1. The van der Waals surface area contributed by atoms with Crippen LogP contribution >= 0.6 is 0 Å². The molecule has 0 spiro atoms. The van der Waals surface area contributed by atoms with E-state index in [1.807, 2.05) is 0 Å². The average molecular weight is 281 g/mol. The van der Waals surface area contributed by atoms with E-state index in [1.54, 1.807) is 0 Å². The Hall–Kier alpha value is -2.42. The maximum atomic E-state index is 12.0. The van der Waals surface area contributed by atoms with Gasteiger partial charge in [0.1, 0.15) is 11.3 Å². The highest BCUT2D eigenvalue weighted by atomic mass is 32.2. The number of hydrogen-bond donors (Lipinski definition) is 1. The molecule has 2 heterocycles. The molecule has 0 radical (unpaired) electrons. The fourth-order valence-corrected chi connectivity index (χ4v) is 2.13. The lowest BCUT2D eigenvalue weighted by atomic mass is 10.2. The van der Waals surface area contributed by atoms with Gasteiger partial charge in [0.2, 0.25) is 5.43 Å². The Balaban J connectivity index is 2.28. The maximum absolute atomic E-state index is 12.0. The summed E-state index contributed by atoms with van der Waals surface area (Å²) in [6.45, 7) is 0. The number of fused-ring (bicyclic) bond motifs is 2. The number of hydrogen-bond acceptors (Lipinski definition) is 7. The summed E-state index contributed by atoms with van der Waals surface area (Å²) in [4.78, 5) is 12.0. The first-order valence-corrected chi connectivity index (χ1v) is 6.92. The lowest BCUT2D eigenvalue weighted by molar-refractivity contribution is 0.492. The third-order valence-corrected chi connectivity index (χ3v) is 2.88. The lowest BCUT2D eigenvalue weighted by Gasteiger charge is -2.03. The van der Waals surface area contributed by atoms with E-state index >= 15 is 0 Å². The minimum absolute atomic E-state index is 0.0500. The van der Waals surface area contributed by atoms with Crippen LogP contribution in [0.5, 0.6) is 5.75 Å². The minimum Gasteiger partial charge on any atom is -0.435 e. The third-order valence-electron chi connectivity index (χ3n) is 2.38. The van der Waals surface area contributed by atoms with E-state index in [9.17, 15) is 13.2 Å². The fraction of sp³-hybridized carbons (Fsp3) is 0.100. The summed E-state index contributed by atoms with van der Waals surface area (Å²) in [5.41, 5.74) is -0.0401. The van der Waals surface area contributed by atoms with E-state index in [1.165, 1.54) is 18.2 Å². The lowest BCUT2D eigenvalue weighted by Crippen LogP contribution is -2.06. The number of H-pyrrole nitrogens is 1. The van der Waals surface area contributed by atoms with Gasteiger partial charge in [0.25, 0.3) is 5.71 Å². The van der Waals surface area contributed by atoms with Crippen molar-refractivity contribution < 1.29 is 17.0 Å². The van der Waals surface area contributed by atoms with Crippen molar-refractivity contribution in [3.8, 4) is 5.75 Å². The van der Waals surface area contributed by atoms with Gasteiger partial charge < -0.3 is 8.60 Å². The highest BCUT2D eigenvalue weighted by Gasteiger charge is 2.13. The Labute approximate surface area is 106 Å². The van der Waals surface area contributed by atoms with Crippen molar-refractivity contribution in [2.24, 2.45) is 0 Å². The zero-order valence-corrected chi connectivity index (χ0v) is 10.4. The van der Waals surface area contributed by atoms with Gasteiger partial charge in [-0.25, -0.2) is 0 Å². The molecule has 2 aromatic heterocycles. The largest absolute Gasteiger partial charge is 0.435 e. The fourth-order valence-electron chi connectivity index (χ4n) is 1.67. The van der Waals surface area contributed by atoms with Gasteiger partial charge in [0.15, 0.2) is 5.52 Å². The van der Waals surface area contributed by atoms with Crippen molar-refractivity contribution in [1.82, 2.24) is 15.4 Å². The normalized spacial score (nSPS) is 12.1. The first kappa shape index (κ1) is 11.7. The van der Waals surface area contributed by atoms with Crippen molar-refractivity contribution in [3.05, 3.63) is 28.4 Å². The van der Waals surface area contributed by atoms with E-state index < -0.39 is 10.1 Å². The van der Waals surface area contributed by atoms with Gasteiger partial charge in [-0.3, -0.25) is 4.79 Å². The number of rotatable bonds is 2. The molecular weight excluding hydrogens is 274 g/mol. The van der Waals surface area contributed by atoms with Gasteiger partial charge in [-0.1, -0.05) is 0 Å². The minimum atomic E-state index is -3.64. The van der Waals surface area contributed by atoms with Gasteiger partial charge in [0.05, 0.1) is 11.6 Å². The molecule has 0 saturated heterocycles. The molecule has 0 atom stereocenters. The highest BCUT2D eigenvalue weighted by Crippen LogP contribution is 2.21. The molecule has 1 N–H and O–H groups in total. The smallest absolute Gasteiger partial charge is 0.306 e. The SMILES string of the molecule is CS(=O)(=O)Oc1ccc2c(=O)c3n[nH]nc3oc2c1. The Morgan fingerprint density at radius 2 is 2.11 bits per heavy atom. The molecule has 3 aromatic rings. The molecule has 0 saturated carbocycles. The van der Waals surface area contributed by atoms with Crippen molar-refractivity contribution in [1.29, 1.82) is 0 Å². The van der Waals surface area contributed by atoms with E-state index in [0.717, 1.165) is 6.26 Å². The number of nitrogens with zero attached hydrogens (tertiary/aromatic N) is 2. The zero-order valence-electron chi connectivity index (χ0n) is 9.58. The van der Waals surface area contributed by atoms with Crippen LogP contribution in [0.1, 0.15) is 0 Å². The Morgan fingerprint density at radius 3 is 2.84 bits per heavy atom. The highest BCUT2D eigenvalue weighted by molar-refractivity contribution is 7.86. The summed E-state index contributed by atoms with van der Waals surface area (Å²) in [7, 11) is -3.64. The topological polar surface area (TPSA) is 115 Å². The molecule has 9 heteroatoms. The second-order valence-corrected chi connectivity index (χ2v) is 5.43. The number of benzene rings is 1. The molecule has 0 unspecified atom stereocenters. The van der Waals surface area contributed by atoms with Crippen LogP contribution in [-0.2, 0) is 10.1 Å². The summed E-state index contributed by atoms with van der Waals surface area (Å²) in [6, 6.07) is 4.09. The summed E-state index contributed by atoms with van der Waals surface area (Å²) in [6.07, 6.45) is 0.925. The molecule has 0 aliphatic rings. The molecule has 0 bridgehead atoms. The van der Waals surface area contributed by atoms with E-state index in [0.29, 0.717) is 0 Å². The average Bonchev–Trinajstić information content (AvgIpc) is 2.75. The molecule has 3 rings (SSSR count). The predicted octanol–water partition coefficient (Wildman–Crippen LogP) is 0.403. The zero-order chi connectivity index (χ0) is 13.6. The molecule has 0 aliphatic carbocycles. The van der Waals surface area contributed by atoms with E-state index in [4.69, 9.17) is 8.60 Å². The van der Waals surface area contributed by atoms with Crippen LogP contribution in [-0.4, -0.2) is 30.1 Å². The Bertz CT molecular complexity index is 941. The van der Waals surface area contributed by atoms with Crippen LogP contribution in [0.25, 0.3) is 22.2 Å². The van der Waals surface area contributed by atoms with Crippen LogP contribution in [0, 0.1) is 0 Å².